The van der Waals surface area contributed by atoms with Gasteiger partial charge in [0.05, 0.1) is 12.7 Å². The van der Waals surface area contributed by atoms with Gasteiger partial charge in [0.15, 0.2) is 0 Å². The van der Waals surface area contributed by atoms with Crippen LogP contribution in [0, 0.1) is 0 Å². The van der Waals surface area contributed by atoms with Gasteiger partial charge in [-0.15, -0.1) is 0 Å². The van der Waals surface area contributed by atoms with Crippen LogP contribution in [0.4, 0.5) is 5.69 Å². The molecule has 1 aromatic rings. The molecule has 0 unspecified atom stereocenters. The number of methoxy groups -OCH3 is 1. The molecule has 3 N–H and O–H groups in total. The molecule has 21 heavy (non-hydrogen) atoms. The van der Waals surface area contributed by atoms with E-state index in [0.717, 1.165) is 0 Å². The Bertz CT molecular complexity index is 611. The zero-order valence-electron chi connectivity index (χ0n) is 12.6. The minimum atomic E-state index is -3.82. The Kier molecular flexibility index (Phi) is 5.65. The summed E-state index contributed by atoms with van der Waals surface area (Å²) in [6, 6.07) is 2.87. The van der Waals surface area contributed by atoms with E-state index in [4.69, 9.17) is 10.5 Å². The lowest BCUT2D eigenvalue weighted by Crippen LogP contribution is -2.42. The first-order valence-electron chi connectivity index (χ1n) is 6.38. The maximum atomic E-state index is 12.7. The molecule has 0 atom stereocenters. The largest absolute Gasteiger partial charge is 0.495 e. The summed E-state index contributed by atoms with van der Waals surface area (Å²) in [5, 5.41) is 9.89. The molecule has 6 nitrogen and oxygen atoms in total. The van der Waals surface area contributed by atoms with Crippen molar-refractivity contribution in [3.05, 3.63) is 16.6 Å². The van der Waals surface area contributed by atoms with E-state index in [9.17, 15) is 13.5 Å². The van der Waals surface area contributed by atoms with E-state index < -0.39 is 15.6 Å². The second-order valence-electron chi connectivity index (χ2n) is 5.27. The molecule has 120 valence electrons. The minimum Gasteiger partial charge on any atom is -0.495 e. The normalized spacial score (nSPS) is 12.7. The fourth-order valence-corrected chi connectivity index (χ4v) is 3.95. The lowest BCUT2D eigenvalue weighted by atomic mass is 10.1. The number of nitrogens with zero attached hydrogens (tertiary/aromatic N) is 1. The lowest BCUT2D eigenvalue weighted by molar-refractivity contribution is 0.0601. The molecule has 0 amide bonds. The Morgan fingerprint density at radius 2 is 2.00 bits per heavy atom. The number of ether oxygens (including phenoxy) is 1. The van der Waals surface area contributed by atoms with Crippen molar-refractivity contribution in [3.8, 4) is 5.75 Å². The van der Waals surface area contributed by atoms with E-state index in [0.29, 0.717) is 10.2 Å². The molecule has 0 fully saturated rings. The first-order valence-corrected chi connectivity index (χ1v) is 8.61. The molecule has 0 aliphatic rings. The maximum Gasteiger partial charge on any atom is 0.246 e. The van der Waals surface area contributed by atoms with Gasteiger partial charge >= 0.3 is 0 Å². The van der Waals surface area contributed by atoms with Gasteiger partial charge in [-0.25, -0.2) is 8.42 Å². The van der Waals surface area contributed by atoms with Crippen molar-refractivity contribution >= 4 is 31.6 Å². The van der Waals surface area contributed by atoms with Crippen LogP contribution in [0.3, 0.4) is 0 Å². The van der Waals surface area contributed by atoms with Gasteiger partial charge in [-0.3, -0.25) is 0 Å². The van der Waals surface area contributed by atoms with E-state index in [1.165, 1.54) is 23.5 Å². The molecule has 0 saturated carbocycles. The molecule has 1 aromatic carbocycles. The van der Waals surface area contributed by atoms with Crippen LogP contribution in [0.15, 0.2) is 21.5 Å². The Morgan fingerprint density at radius 3 is 2.43 bits per heavy atom. The molecule has 0 bridgehead atoms. The zero-order valence-corrected chi connectivity index (χ0v) is 15.0. The molecule has 0 saturated heterocycles. The third-order valence-corrected chi connectivity index (χ3v) is 5.45. The maximum absolute atomic E-state index is 12.7. The standard InChI is InChI=1S/C13H21BrN2O4S/c1-5-16(8-13(2,3)17)21(18,19)12-7-10(15)9(14)6-11(12)20-4/h6-7,17H,5,8,15H2,1-4H3. The molecular weight excluding hydrogens is 360 g/mol. The monoisotopic (exact) mass is 380 g/mol. The average molecular weight is 381 g/mol. The fraction of sp³-hybridized carbons (Fsp3) is 0.538. The highest BCUT2D eigenvalue weighted by Gasteiger charge is 2.31. The first kappa shape index (κ1) is 18.2. The number of anilines is 1. The highest BCUT2D eigenvalue weighted by molar-refractivity contribution is 9.10. The van der Waals surface area contributed by atoms with E-state index in [2.05, 4.69) is 15.9 Å². The number of nitrogens with two attached hydrogens (primary N) is 1. The van der Waals surface area contributed by atoms with Gasteiger partial charge in [0.2, 0.25) is 10.0 Å². The topological polar surface area (TPSA) is 92.9 Å². The van der Waals surface area contributed by atoms with Crippen molar-refractivity contribution in [2.24, 2.45) is 0 Å². The molecule has 0 aliphatic carbocycles. The summed E-state index contributed by atoms with van der Waals surface area (Å²) in [4.78, 5) is -0.0169. The summed E-state index contributed by atoms with van der Waals surface area (Å²) in [5.41, 5.74) is 4.93. The van der Waals surface area contributed by atoms with Crippen LogP contribution >= 0.6 is 15.9 Å². The van der Waals surface area contributed by atoms with Gasteiger partial charge in [-0.05, 0) is 41.9 Å². The van der Waals surface area contributed by atoms with Gasteiger partial charge in [0.1, 0.15) is 10.6 Å². The number of benzene rings is 1. The van der Waals surface area contributed by atoms with Crippen molar-refractivity contribution in [2.45, 2.75) is 31.3 Å². The van der Waals surface area contributed by atoms with Gasteiger partial charge in [0.25, 0.3) is 0 Å². The van der Waals surface area contributed by atoms with Crippen LogP contribution < -0.4 is 10.5 Å². The average Bonchev–Trinajstić information content (AvgIpc) is 2.37. The summed E-state index contributed by atoms with van der Waals surface area (Å²) >= 11 is 3.24. The van der Waals surface area contributed by atoms with Crippen LogP contribution in [-0.4, -0.2) is 43.6 Å². The number of nitrogen functional groups attached to an aromatic ring is 1. The number of sulfonamides is 1. The molecule has 0 spiro atoms. The van der Waals surface area contributed by atoms with Crippen molar-refractivity contribution < 1.29 is 18.3 Å². The van der Waals surface area contributed by atoms with Gasteiger partial charge in [-0.2, -0.15) is 4.31 Å². The second kappa shape index (κ2) is 6.51. The van der Waals surface area contributed by atoms with Crippen LogP contribution in [-0.2, 0) is 10.0 Å². The molecule has 0 radical (unpaired) electrons. The van der Waals surface area contributed by atoms with Gasteiger partial charge in [-0.1, -0.05) is 6.92 Å². The molecule has 0 aliphatic heterocycles. The summed E-state index contributed by atoms with van der Waals surface area (Å²) in [6.45, 7) is 5.02. The Labute approximate surface area is 134 Å². The minimum absolute atomic E-state index is 0.0169. The Balaban J connectivity index is 3.38. The number of rotatable bonds is 6. The second-order valence-corrected chi connectivity index (χ2v) is 8.03. The van der Waals surface area contributed by atoms with Gasteiger partial charge < -0.3 is 15.6 Å². The number of hydrogen-bond acceptors (Lipinski definition) is 5. The van der Waals surface area contributed by atoms with E-state index in [1.807, 2.05) is 0 Å². The SMILES string of the molecule is CCN(CC(C)(C)O)S(=O)(=O)c1cc(N)c(Br)cc1OC. The summed E-state index contributed by atoms with van der Waals surface area (Å²) in [7, 11) is -2.43. The molecule has 8 heteroatoms. The zero-order chi connectivity index (χ0) is 16.4. The molecular formula is C13H21BrN2O4S. The highest BCUT2D eigenvalue weighted by atomic mass is 79.9. The predicted octanol–water partition coefficient (Wildman–Crippen LogP) is 1.82. The van der Waals surface area contributed by atoms with Crippen molar-refractivity contribution in [1.29, 1.82) is 0 Å². The molecule has 1 rings (SSSR count). The number of halogens is 1. The summed E-state index contributed by atoms with van der Waals surface area (Å²) in [6.07, 6.45) is 0. The van der Waals surface area contributed by atoms with Crippen LogP contribution in [0.1, 0.15) is 20.8 Å². The van der Waals surface area contributed by atoms with E-state index in [1.54, 1.807) is 20.8 Å². The van der Waals surface area contributed by atoms with E-state index >= 15 is 0 Å². The van der Waals surface area contributed by atoms with Gasteiger partial charge in [0, 0.05) is 23.2 Å². The predicted molar refractivity (Wildman–Crippen MR) is 85.8 cm³/mol. The summed E-state index contributed by atoms with van der Waals surface area (Å²) < 4.78 is 32.4. The van der Waals surface area contributed by atoms with E-state index in [-0.39, 0.29) is 23.7 Å². The Morgan fingerprint density at radius 1 is 1.43 bits per heavy atom. The third kappa shape index (κ3) is 4.32. The number of likely N-dealkylation sites (N-methyl/N-ethyl adjacent to an activating group) is 1. The summed E-state index contributed by atoms with van der Waals surface area (Å²) in [5.74, 6) is 0.199. The third-order valence-electron chi connectivity index (χ3n) is 2.82. The highest BCUT2D eigenvalue weighted by Crippen LogP contribution is 2.34. The molecule has 0 aromatic heterocycles. The van der Waals surface area contributed by atoms with Crippen LogP contribution in [0.2, 0.25) is 0 Å². The first-order chi connectivity index (χ1) is 9.52. The van der Waals surface area contributed by atoms with Crippen LogP contribution in [0.25, 0.3) is 0 Å². The number of aliphatic hydroxyl groups is 1. The Hall–Kier alpha value is -0.830. The quantitative estimate of drug-likeness (QED) is 0.734. The number of hydrogen-bond donors (Lipinski definition) is 2. The smallest absolute Gasteiger partial charge is 0.246 e. The fourth-order valence-electron chi connectivity index (χ4n) is 1.85. The van der Waals surface area contributed by atoms with Crippen molar-refractivity contribution in [3.63, 3.8) is 0 Å². The molecule has 0 heterocycles. The van der Waals surface area contributed by atoms with Crippen molar-refractivity contribution in [1.82, 2.24) is 4.31 Å². The van der Waals surface area contributed by atoms with Crippen molar-refractivity contribution in [2.75, 3.05) is 25.9 Å². The lowest BCUT2D eigenvalue weighted by Gasteiger charge is -2.28. The van der Waals surface area contributed by atoms with Crippen LogP contribution in [0.5, 0.6) is 5.75 Å².